The number of aromatic nitrogens is 1. The van der Waals surface area contributed by atoms with Crippen LogP contribution in [0.5, 0.6) is 0 Å². The number of nitrogens with zero attached hydrogens (tertiary/aromatic N) is 3. The van der Waals surface area contributed by atoms with Gasteiger partial charge in [-0.15, -0.1) is 11.3 Å². The molecule has 0 saturated carbocycles. The number of nitriles is 1. The number of benzene rings is 1. The summed E-state index contributed by atoms with van der Waals surface area (Å²) in [5, 5.41) is 25.4. The normalized spacial score (nSPS) is 11.0. The van der Waals surface area contributed by atoms with E-state index in [-0.39, 0.29) is 5.69 Å². The van der Waals surface area contributed by atoms with Gasteiger partial charge >= 0.3 is 0 Å². The van der Waals surface area contributed by atoms with Gasteiger partial charge in [0, 0.05) is 34.6 Å². The van der Waals surface area contributed by atoms with Gasteiger partial charge in [0.15, 0.2) is 0 Å². The maximum absolute atomic E-state index is 10.9. The van der Waals surface area contributed by atoms with Crippen LogP contribution < -0.4 is 5.32 Å². The van der Waals surface area contributed by atoms with Gasteiger partial charge in [0.05, 0.1) is 4.92 Å². The molecule has 1 aromatic carbocycles. The molecule has 21 heavy (non-hydrogen) atoms. The lowest BCUT2D eigenvalue weighted by Crippen LogP contribution is -1.95. The number of allylic oxidation sites excluding steroid dienone is 1. The predicted molar refractivity (Wildman–Crippen MR) is 81.9 cm³/mol. The SMILES string of the molecule is Cc1csc(/C(C#N)=C/Nc2ccc(C)c([N+](=O)[O-])c2)n1. The molecule has 7 heteroatoms. The molecule has 0 radical (unpaired) electrons. The third kappa shape index (κ3) is 3.43. The second-order valence-electron chi connectivity index (χ2n) is 4.37. The van der Waals surface area contributed by atoms with E-state index in [1.54, 1.807) is 19.1 Å². The van der Waals surface area contributed by atoms with Crippen LogP contribution in [0.4, 0.5) is 11.4 Å². The monoisotopic (exact) mass is 300 g/mol. The molecular weight excluding hydrogens is 288 g/mol. The van der Waals surface area contributed by atoms with Crippen LogP contribution in [-0.2, 0) is 0 Å². The fourth-order valence-corrected chi connectivity index (χ4v) is 2.43. The zero-order valence-electron chi connectivity index (χ0n) is 11.5. The molecule has 0 spiro atoms. The molecular formula is C14H12N4O2S. The zero-order valence-corrected chi connectivity index (χ0v) is 12.3. The van der Waals surface area contributed by atoms with Crippen LogP contribution in [-0.4, -0.2) is 9.91 Å². The Morgan fingerprint density at radius 3 is 2.86 bits per heavy atom. The summed E-state index contributed by atoms with van der Waals surface area (Å²) in [5.74, 6) is 0. The summed E-state index contributed by atoms with van der Waals surface area (Å²) >= 11 is 1.38. The van der Waals surface area contributed by atoms with E-state index in [0.717, 1.165) is 5.69 Å². The van der Waals surface area contributed by atoms with Gasteiger partial charge in [-0.1, -0.05) is 6.07 Å². The number of nitrogens with one attached hydrogen (secondary N) is 1. The van der Waals surface area contributed by atoms with Gasteiger partial charge in [-0.2, -0.15) is 5.26 Å². The van der Waals surface area contributed by atoms with Crippen LogP contribution in [0.2, 0.25) is 0 Å². The third-order valence-corrected chi connectivity index (χ3v) is 3.75. The van der Waals surface area contributed by atoms with Crippen molar-refractivity contribution in [3.8, 4) is 6.07 Å². The Morgan fingerprint density at radius 1 is 1.52 bits per heavy atom. The first kappa shape index (κ1) is 14.7. The minimum atomic E-state index is -0.431. The second-order valence-corrected chi connectivity index (χ2v) is 5.22. The Morgan fingerprint density at radius 2 is 2.29 bits per heavy atom. The number of anilines is 1. The van der Waals surface area contributed by atoms with E-state index in [9.17, 15) is 10.1 Å². The first-order chi connectivity index (χ1) is 10.0. The minimum Gasteiger partial charge on any atom is -0.360 e. The molecule has 1 heterocycles. The lowest BCUT2D eigenvalue weighted by atomic mass is 10.2. The Labute approximate surface area is 125 Å². The molecule has 0 aliphatic rings. The van der Waals surface area contributed by atoms with Crippen molar-refractivity contribution in [3.63, 3.8) is 0 Å². The highest BCUT2D eigenvalue weighted by Gasteiger charge is 2.11. The fourth-order valence-electron chi connectivity index (χ4n) is 1.67. The van der Waals surface area contributed by atoms with Crippen LogP contribution in [0.1, 0.15) is 16.3 Å². The van der Waals surface area contributed by atoms with Gasteiger partial charge in [-0.25, -0.2) is 4.98 Å². The van der Waals surface area contributed by atoms with Crippen molar-refractivity contribution in [2.45, 2.75) is 13.8 Å². The molecule has 2 rings (SSSR count). The van der Waals surface area contributed by atoms with E-state index < -0.39 is 4.92 Å². The second kappa shape index (κ2) is 6.15. The highest BCUT2D eigenvalue weighted by molar-refractivity contribution is 7.10. The molecule has 0 amide bonds. The zero-order chi connectivity index (χ0) is 15.4. The molecule has 0 bridgehead atoms. The highest BCUT2D eigenvalue weighted by Crippen LogP contribution is 2.23. The van der Waals surface area contributed by atoms with Crippen LogP contribution in [0.25, 0.3) is 5.57 Å². The van der Waals surface area contributed by atoms with Crippen molar-refractivity contribution in [1.29, 1.82) is 5.26 Å². The molecule has 2 aromatic rings. The quantitative estimate of drug-likeness (QED) is 0.528. The van der Waals surface area contributed by atoms with Crippen molar-refractivity contribution in [2.24, 2.45) is 0 Å². The lowest BCUT2D eigenvalue weighted by Gasteiger charge is -2.03. The molecule has 0 unspecified atom stereocenters. The van der Waals surface area contributed by atoms with Crippen molar-refractivity contribution >= 4 is 28.3 Å². The first-order valence-corrected chi connectivity index (χ1v) is 6.93. The number of nitro groups is 1. The van der Waals surface area contributed by atoms with Gasteiger partial charge in [0.2, 0.25) is 0 Å². The average Bonchev–Trinajstić information content (AvgIpc) is 2.87. The van der Waals surface area contributed by atoms with Crippen LogP contribution in [0.15, 0.2) is 29.8 Å². The summed E-state index contributed by atoms with van der Waals surface area (Å²) in [6.07, 6.45) is 1.51. The maximum Gasteiger partial charge on any atom is 0.274 e. The summed E-state index contributed by atoms with van der Waals surface area (Å²) in [4.78, 5) is 14.7. The van der Waals surface area contributed by atoms with Crippen molar-refractivity contribution in [1.82, 2.24) is 4.98 Å². The summed E-state index contributed by atoms with van der Waals surface area (Å²) in [6, 6.07) is 6.89. The van der Waals surface area contributed by atoms with E-state index in [0.29, 0.717) is 21.8 Å². The van der Waals surface area contributed by atoms with E-state index in [1.165, 1.54) is 23.6 Å². The molecule has 1 N–H and O–H groups in total. The summed E-state index contributed by atoms with van der Waals surface area (Å²) < 4.78 is 0. The van der Waals surface area contributed by atoms with Crippen LogP contribution in [0.3, 0.4) is 0 Å². The topological polar surface area (TPSA) is 91.8 Å². The molecule has 0 aliphatic heterocycles. The Kier molecular flexibility index (Phi) is 4.30. The number of thiazole rings is 1. The minimum absolute atomic E-state index is 0.0389. The van der Waals surface area contributed by atoms with Crippen molar-refractivity contribution in [2.75, 3.05) is 5.32 Å². The Bertz CT molecular complexity index is 759. The molecule has 6 nitrogen and oxygen atoms in total. The summed E-state index contributed by atoms with van der Waals surface area (Å²) in [6.45, 7) is 3.53. The maximum atomic E-state index is 10.9. The van der Waals surface area contributed by atoms with Gasteiger partial charge in [-0.05, 0) is 19.9 Å². The number of aryl methyl sites for hydroxylation is 2. The summed E-state index contributed by atoms with van der Waals surface area (Å²) in [7, 11) is 0. The average molecular weight is 300 g/mol. The van der Waals surface area contributed by atoms with E-state index >= 15 is 0 Å². The molecule has 0 fully saturated rings. The number of hydrogen-bond donors (Lipinski definition) is 1. The Hall–Kier alpha value is -2.72. The molecule has 0 atom stereocenters. The van der Waals surface area contributed by atoms with E-state index in [1.807, 2.05) is 12.3 Å². The molecule has 106 valence electrons. The third-order valence-electron chi connectivity index (χ3n) is 2.76. The predicted octanol–water partition coefficient (Wildman–Crippen LogP) is 3.64. The Balaban J connectivity index is 2.25. The number of rotatable bonds is 4. The fraction of sp³-hybridized carbons (Fsp3) is 0.143. The largest absolute Gasteiger partial charge is 0.360 e. The van der Waals surface area contributed by atoms with E-state index in [2.05, 4.69) is 16.4 Å². The lowest BCUT2D eigenvalue weighted by molar-refractivity contribution is -0.385. The first-order valence-electron chi connectivity index (χ1n) is 6.05. The molecule has 0 aliphatic carbocycles. The number of hydrogen-bond acceptors (Lipinski definition) is 6. The molecule has 1 aromatic heterocycles. The van der Waals surface area contributed by atoms with Gasteiger partial charge in [-0.3, -0.25) is 10.1 Å². The van der Waals surface area contributed by atoms with E-state index in [4.69, 9.17) is 5.26 Å². The van der Waals surface area contributed by atoms with Gasteiger partial charge in [0.25, 0.3) is 5.69 Å². The van der Waals surface area contributed by atoms with Crippen molar-refractivity contribution < 1.29 is 4.92 Å². The summed E-state index contributed by atoms with van der Waals surface area (Å²) in [5.41, 5.74) is 2.41. The smallest absolute Gasteiger partial charge is 0.274 e. The molecule has 0 saturated heterocycles. The highest BCUT2D eigenvalue weighted by atomic mass is 32.1. The van der Waals surface area contributed by atoms with Crippen molar-refractivity contribution in [3.05, 3.63) is 56.2 Å². The number of nitro benzene ring substituents is 1. The van der Waals surface area contributed by atoms with Gasteiger partial charge < -0.3 is 5.32 Å². The van der Waals surface area contributed by atoms with Crippen LogP contribution >= 0.6 is 11.3 Å². The van der Waals surface area contributed by atoms with Gasteiger partial charge in [0.1, 0.15) is 16.6 Å². The van der Waals surface area contributed by atoms with Crippen LogP contribution in [0, 0.1) is 35.3 Å². The standard InChI is InChI=1S/C14H12N4O2S/c1-9-3-4-12(5-13(9)18(19)20)16-7-11(6-15)14-17-10(2)8-21-14/h3-5,7-8,16H,1-2H3/b11-7+.